The first kappa shape index (κ1) is 21.4. The van der Waals surface area contributed by atoms with Gasteiger partial charge in [-0.05, 0) is 40.8 Å². The van der Waals surface area contributed by atoms with Gasteiger partial charge in [0.05, 0.1) is 10.0 Å². The minimum Gasteiger partial charge on any atom is -0.449 e. The van der Waals surface area contributed by atoms with E-state index in [0.717, 1.165) is 0 Å². The Hall–Kier alpha value is -2.82. The van der Waals surface area contributed by atoms with Gasteiger partial charge in [-0.25, -0.2) is 9.18 Å². The average Bonchev–Trinajstić information content (AvgIpc) is 3.07. The van der Waals surface area contributed by atoms with E-state index in [-0.39, 0.29) is 22.6 Å². The van der Waals surface area contributed by atoms with Crippen molar-refractivity contribution in [2.45, 2.75) is 12.3 Å². The van der Waals surface area contributed by atoms with E-state index in [2.05, 4.69) is 29.6 Å². The van der Waals surface area contributed by atoms with Gasteiger partial charge in [-0.2, -0.15) is 0 Å². The minimum absolute atomic E-state index is 0.0285. The molecular formula is C25H20Cl2FNO2. The molecule has 1 N–H and O–H groups in total. The van der Waals surface area contributed by atoms with Crippen molar-refractivity contribution >= 4 is 35.4 Å². The van der Waals surface area contributed by atoms with Gasteiger partial charge in [-0.3, -0.25) is 0 Å². The SMILES string of the molecule is O=C(NCCC=Cc1c(Cl)cc(F)cc1Cl)OCC1c2ccccc2-c2ccccc21. The van der Waals surface area contributed by atoms with Gasteiger partial charge >= 0.3 is 6.09 Å². The highest BCUT2D eigenvalue weighted by Gasteiger charge is 2.28. The molecule has 0 aliphatic heterocycles. The Morgan fingerprint density at radius 3 is 2.19 bits per heavy atom. The summed E-state index contributed by atoms with van der Waals surface area (Å²) in [6.07, 6.45) is 3.61. The fraction of sp³-hybridized carbons (Fsp3) is 0.160. The van der Waals surface area contributed by atoms with Gasteiger partial charge in [0, 0.05) is 18.0 Å². The second-order valence-corrected chi connectivity index (χ2v) is 8.04. The van der Waals surface area contributed by atoms with Crippen LogP contribution in [0.3, 0.4) is 0 Å². The lowest BCUT2D eigenvalue weighted by atomic mass is 9.98. The van der Waals surface area contributed by atoms with Crippen molar-refractivity contribution in [2.75, 3.05) is 13.2 Å². The molecule has 3 nitrogen and oxygen atoms in total. The molecule has 0 bridgehead atoms. The van der Waals surface area contributed by atoms with Crippen molar-refractivity contribution in [1.29, 1.82) is 0 Å². The minimum atomic E-state index is -0.482. The first-order valence-electron chi connectivity index (χ1n) is 9.94. The maximum atomic E-state index is 13.2. The highest BCUT2D eigenvalue weighted by atomic mass is 35.5. The standard InChI is InChI=1S/C25H20Cl2FNO2/c26-23-13-16(28)14-24(27)21(23)11-5-6-12-29-25(30)31-15-22-19-9-3-1-7-17(19)18-8-2-4-10-20(18)22/h1-5,7-11,13-14,22H,6,12,15H2,(H,29,30). The molecule has 0 spiro atoms. The number of rotatable bonds is 6. The molecule has 0 atom stereocenters. The molecule has 1 aliphatic rings. The third kappa shape index (κ3) is 4.76. The van der Waals surface area contributed by atoms with Gasteiger partial charge in [0.2, 0.25) is 0 Å². The Kier molecular flexibility index (Phi) is 6.59. The van der Waals surface area contributed by atoms with E-state index in [0.29, 0.717) is 18.5 Å². The van der Waals surface area contributed by atoms with Crippen LogP contribution in [-0.4, -0.2) is 19.2 Å². The number of hydrogen-bond donors (Lipinski definition) is 1. The van der Waals surface area contributed by atoms with Gasteiger partial charge in [-0.1, -0.05) is 83.9 Å². The van der Waals surface area contributed by atoms with Crippen molar-refractivity contribution < 1.29 is 13.9 Å². The zero-order valence-corrected chi connectivity index (χ0v) is 18.1. The second kappa shape index (κ2) is 9.54. The number of carbonyl (C=O) groups is 1. The fourth-order valence-electron chi connectivity index (χ4n) is 3.82. The van der Waals surface area contributed by atoms with Gasteiger partial charge in [0.25, 0.3) is 0 Å². The number of fused-ring (bicyclic) bond motifs is 3. The third-order valence-corrected chi connectivity index (χ3v) is 5.88. The number of alkyl carbamates (subject to hydrolysis) is 1. The van der Waals surface area contributed by atoms with Crippen LogP contribution in [0.2, 0.25) is 10.0 Å². The quantitative estimate of drug-likeness (QED) is 0.403. The van der Waals surface area contributed by atoms with Crippen molar-refractivity contribution in [3.05, 3.63) is 99.3 Å². The lowest BCUT2D eigenvalue weighted by Crippen LogP contribution is -2.26. The number of halogens is 3. The Morgan fingerprint density at radius 2 is 1.58 bits per heavy atom. The third-order valence-electron chi connectivity index (χ3n) is 5.25. The van der Waals surface area contributed by atoms with Gasteiger partial charge in [0.15, 0.2) is 0 Å². The Labute approximate surface area is 190 Å². The molecule has 6 heteroatoms. The van der Waals surface area contributed by atoms with Gasteiger partial charge in [0.1, 0.15) is 12.4 Å². The molecule has 31 heavy (non-hydrogen) atoms. The van der Waals surface area contributed by atoms with Crippen LogP contribution in [0.15, 0.2) is 66.7 Å². The molecular weight excluding hydrogens is 436 g/mol. The average molecular weight is 456 g/mol. The molecule has 0 radical (unpaired) electrons. The molecule has 1 aliphatic carbocycles. The number of hydrogen-bond acceptors (Lipinski definition) is 2. The lowest BCUT2D eigenvalue weighted by Gasteiger charge is -2.14. The predicted molar refractivity (Wildman–Crippen MR) is 123 cm³/mol. The monoisotopic (exact) mass is 455 g/mol. The second-order valence-electron chi connectivity index (χ2n) is 7.23. The normalized spacial score (nSPS) is 12.6. The van der Waals surface area contributed by atoms with E-state index in [4.69, 9.17) is 27.9 Å². The fourth-order valence-corrected chi connectivity index (χ4v) is 4.41. The van der Waals surface area contributed by atoms with Crippen LogP contribution < -0.4 is 5.32 Å². The molecule has 158 valence electrons. The van der Waals surface area contributed by atoms with E-state index in [1.54, 1.807) is 6.08 Å². The van der Waals surface area contributed by atoms with Crippen molar-refractivity contribution in [2.24, 2.45) is 0 Å². The summed E-state index contributed by atoms with van der Waals surface area (Å²) in [6.45, 7) is 0.667. The van der Waals surface area contributed by atoms with E-state index in [9.17, 15) is 9.18 Å². The molecule has 0 saturated carbocycles. The molecule has 4 rings (SSSR count). The number of amides is 1. The highest BCUT2D eigenvalue weighted by Crippen LogP contribution is 2.44. The highest BCUT2D eigenvalue weighted by molar-refractivity contribution is 6.37. The van der Waals surface area contributed by atoms with Crippen molar-refractivity contribution in [3.8, 4) is 11.1 Å². The van der Waals surface area contributed by atoms with Crippen molar-refractivity contribution in [3.63, 3.8) is 0 Å². The molecule has 0 saturated heterocycles. The summed E-state index contributed by atoms with van der Waals surface area (Å²) in [6, 6.07) is 18.8. The Morgan fingerprint density at radius 1 is 1.00 bits per heavy atom. The van der Waals surface area contributed by atoms with Crippen LogP contribution in [0.5, 0.6) is 0 Å². The number of carbonyl (C=O) groups excluding carboxylic acids is 1. The zero-order valence-electron chi connectivity index (χ0n) is 16.6. The first-order chi connectivity index (χ1) is 15.0. The summed E-state index contributed by atoms with van der Waals surface area (Å²) in [5.41, 5.74) is 5.27. The summed E-state index contributed by atoms with van der Waals surface area (Å²) in [5, 5.41) is 3.22. The molecule has 3 aromatic carbocycles. The van der Waals surface area contributed by atoms with E-state index in [1.165, 1.54) is 34.4 Å². The van der Waals surface area contributed by atoms with Gasteiger partial charge < -0.3 is 10.1 Å². The van der Waals surface area contributed by atoms with Crippen LogP contribution >= 0.6 is 23.2 Å². The molecule has 1 amide bonds. The molecule has 0 heterocycles. The molecule has 0 fully saturated rings. The maximum absolute atomic E-state index is 13.2. The molecule has 0 aromatic heterocycles. The first-order valence-corrected chi connectivity index (χ1v) is 10.7. The summed E-state index contributed by atoms with van der Waals surface area (Å²) in [4.78, 5) is 12.2. The number of nitrogens with one attached hydrogen (secondary N) is 1. The van der Waals surface area contributed by atoms with E-state index < -0.39 is 11.9 Å². The maximum Gasteiger partial charge on any atom is 0.407 e. The topological polar surface area (TPSA) is 38.3 Å². The Bertz CT molecular complexity index is 1080. The lowest BCUT2D eigenvalue weighted by molar-refractivity contribution is 0.143. The predicted octanol–water partition coefficient (Wildman–Crippen LogP) is 7.07. The van der Waals surface area contributed by atoms with Crippen LogP contribution in [0.4, 0.5) is 9.18 Å². The van der Waals surface area contributed by atoms with Crippen LogP contribution in [0.25, 0.3) is 17.2 Å². The summed E-state index contributed by atoms with van der Waals surface area (Å²) < 4.78 is 18.7. The van der Waals surface area contributed by atoms with E-state index in [1.807, 2.05) is 30.3 Å². The zero-order chi connectivity index (χ0) is 21.8. The summed E-state index contributed by atoms with van der Waals surface area (Å²) in [7, 11) is 0. The van der Waals surface area contributed by atoms with Gasteiger partial charge in [-0.15, -0.1) is 0 Å². The largest absolute Gasteiger partial charge is 0.449 e. The Balaban J connectivity index is 1.29. The van der Waals surface area contributed by atoms with Crippen LogP contribution in [0.1, 0.15) is 29.0 Å². The van der Waals surface area contributed by atoms with Crippen molar-refractivity contribution in [1.82, 2.24) is 5.32 Å². The smallest absolute Gasteiger partial charge is 0.407 e. The summed E-state index contributed by atoms with van der Waals surface area (Å²) in [5.74, 6) is -0.454. The molecule has 0 unspecified atom stereocenters. The van der Waals surface area contributed by atoms with Crippen LogP contribution in [0, 0.1) is 5.82 Å². The van der Waals surface area contributed by atoms with E-state index >= 15 is 0 Å². The number of benzene rings is 3. The number of ether oxygens (including phenoxy) is 1. The molecule has 3 aromatic rings. The summed E-state index contributed by atoms with van der Waals surface area (Å²) >= 11 is 12.0. The van der Waals surface area contributed by atoms with Crippen LogP contribution in [-0.2, 0) is 4.74 Å².